The van der Waals surface area contributed by atoms with Crippen LogP contribution in [0.3, 0.4) is 0 Å². The van der Waals surface area contributed by atoms with Gasteiger partial charge in [0.2, 0.25) is 0 Å². The third kappa shape index (κ3) is 5.54. The molecule has 0 spiro atoms. The summed E-state index contributed by atoms with van der Waals surface area (Å²) in [6.45, 7) is 3.25. The van der Waals surface area contributed by atoms with E-state index in [1.807, 2.05) is 18.2 Å². The molecule has 2 aromatic carbocycles. The number of methoxy groups -OCH3 is 1. The van der Waals surface area contributed by atoms with Gasteiger partial charge in [0, 0.05) is 13.1 Å². The molecule has 0 bridgehead atoms. The van der Waals surface area contributed by atoms with Crippen LogP contribution in [-0.2, 0) is 13.2 Å². The highest BCUT2D eigenvalue weighted by Gasteiger charge is 2.07. The minimum atomic E-state index is -0.379. The van der Waals surface area contributed by atoms with Crippen molar-refractivity contribution in [2.45, 2.75) is 26.2 Å². The Balaban J connectivity index is 1.97. The molecule has 0 fully saturated rings. The second-order valence-electron chi connectivity index (χ2n) is 5.38. The fourth-order valence-electron chi connectivity index (χ4n) is 2.11. The first kappa shape index (κ1) is 17.2. The average molecular weight is 319 g/mol. The first-order valence-corrected chi connectivity index (χ1v) is 7.51. The van der Waals surface area contributed by atoms with Crippen molar-refractivity contribution in [2.24, 2.45) is 0 Å². The Morgan fingerprint density at radius 2 is 1.78 bits per heavy atom. The molecule has 124 valence electrons. The summed E-state index contributed by atoms with van der Waals surface area (Å²) in [4.78, 5) is 0. The van der Waals surface area contributed by atoms with E-state index in [0.29, 0.717) is 31.2 Å². The number of hydrogen-bond donors (Lipinski definition) is 2. The van der Waals surface area contributed by atoms with E-state index in [-0.39, 0.29) is 11.9 Å². The van der Waals surface area contributed by atoms with Crippen LogP contribution in [0.1, 0.15) is 18.1 Å². The summed E-state index contributed by atoms with van der Waals surface area (Å²) in [5.74, 6) is 1.01. The Hall–Kier alpha value is -2.11. The molecule has 2 N–H and O–H groups in total. The van der Waals surface area contributed by atoms with Crippen LogP contribution < -0.4 is 14.8 Å². The summed E-state index contributed by atoms with van der Waals surface area (Å²) < 4.78 is 24.0. The molecule has 0 radical (unpaired) electrons. The second-order valence-corrected chi connectivity index (χ2v) is 5.38. The average Bonchev–Trinajstić information content (AvgIpc) is 2.54. The number of aliphatic hydroxyl groups is 1. The maximum atomic E-state index is 12.9. The molecular formula is C18H22FNO3. The van der Waals surface area contributed by atoms with E-state index in [1.165, 1.54) is 12.1 Å². The number of hydrogen-bond acceptors (Lipinski definition) is 4. The van der Waals surface area contributed by atoms with Crippen molar-refractivity contribution in [3.8, 4) is 11.5 Å². The molecule has 0 heterocycles. The first-order chi connectivity index (χ1) is 11.1. The zero-order chi connectivity index (χ0) is 16.7. The molecule has 0 aromatic heterocycles. The van der Waals surface area contributed by atoms with Gasteiger partial charge in [0.15, 0.2) is 11.5 Å². The van der Waals surface area contributed by atoms with E-state index >= 15 is 0 Å². The molecule has 0 aliphatic heterocycles. The minimum Gasteiger partial charge on any atom is -0.493 e. The molecule has 23 heavy (non-hydrogen) atoms. The Bertz CT molecular complexity index is 614. The van der Waals surface area contributed by atoms with Crippen molar-refractivity contribution >= 4 is 0 Å². The molecule has 1 atom stereocenters. The van der Waals surface area contributed by atoms with Crippen molar-refractivity contribution in [1.82, 2.24) is 5.32 Å². The van der Waals surface area contributed by atoms with E-state index in [1.54, 1.807) is 26.2 Å². The van der Waals surface area contributed by atoms with Crippen LogP contribution in [0.4, 0.5) is 4.39 Å². The van der Waals surface area contributed by atoms with Gasteiger partial charge in [0.05, 0.1) is 13.2 Å². The maximum Gasteiger partial charge on any atom is 0.161 e. The van der Waals surface area contributed by atoms with Gasteiger partial charge in [0.25, 0.3) is 0 Å². The van der Waals surface area contributed by atoms with Crippen LogP contribution in [0.2, 0.25) is 0 Å². The lowest BCUT2D eigenvalue weighted by molar-refractivity contribution is 0.191. The highest BCUT2D eigenvalue weighted by atomic mass is 19.1. The Kier molecular flexibility index (Phi) is 6.38. The summed E-state index contributed by atoms with van der Waals surface area (Å²) in [6, 6.07) is 11.9. The van der Waals surface area contributed by atoms with Crippen LogP contribution in [-0.4, -0.2) is 24.9 Å². The van der Waals surface area contributed by atoms with E-state index < -0.39 is 0 Å². The number of halogens is 1. The van der Waals surface area contributed by atoms with E-state index in [4.69, 9.17) is 9.47 Å². The molecule has 5 heteroatoms. The molecule has 0 aliphatic rings. The van der Waals surface area contributed by atoms with Crippen molar-refractivity contribution in [3.63, 3.8) is 0 Å². The summed E-state index contributed by atoms with van der Waals surface area (Å²) >= 11 is 0. The van der Waals surface area contributed by atoms with Gasteiger partial charge in [-0.1, -0.05) is 18.2 Å². The summed E-state index contributed by atoms with van der Waals surface area (Å²) in [5, 5.41) is 12.4. The normalized spacial score (nSPS) is 12.0. The van der Waals surface area contributed by atoms with Crippen LogP contribution in [0.5, 0.6) is 11.5 Å². The third-order valence-electron chi connectivity index (χ3n) is 3.30. The largest absolute Gasteiger partial charge is 0.493 e. The Morgan fingerprint density at radius 3 is 2.43 bits per heavy atom. The summed E-state index contributed by atoms with van der Waals surface area (Å²) in [7, 11) is 1.59. The van der Waals surface area contributed by atoms with Crippen molar-refractivity contribution in [2.75, 3.05) is 13.7 Å². The summed E-state index contributed by atoms with van der Waals surface area (Å²) in [6.07, 6.45) is -0.379. The predicted molar refractivity (Wildman–Crippen MR) is 87.1 cm³/mol. The lowest BCUT2D eigenvalue weighted by Crippen LogP contribution is -2.23. The van der Waals surface area contributed by atoms with Gasteiger partial charge in [-0.2, -0.15) is 0 Å². The molecule has 2 rings (SSSR count). The molecule has 0 amide bonds. The van der Waals surface area contributed by atoms with Gasteiger partial charge < -0.3 is 19.9 Å². The third-order valence-corrected chi connectivity index (χ3v) is 3.30. The lowest BCUT2D eigenvalue weighted by atomic mass is 10.2. The van der Waals surface area contributed by atoms with Crippen LogP contribution in [0.15, 0.2) is 42.5 Å². The zero-order valence-electron chi connectivity index (χ0n) is 13.4. The maximum absolute atomic E-state index is 12.9. The highest BCUT2D eigenvalue weighted by molar-refractivity contribution is 5.43. The molecule has 0 saturated carbocycles. The number of nitrogens with one attached hydrogen (secondary N) is 1. The van der Waals surface area contributed by atoms with Gasteiger partial charge in [-0.3, -0.25) is 0 Å². The lowest BCUT2D eigenvalue weighted by Gasteiger charge is -2.13. The summed E-state index contributed by atoms with van der Waals surface area (Å²) in [5.41, 5.74) is 1.92. The molecule has 1 unspecified atom stereocenters. The van der Waals surface area contributed by atoms with Gasteiger partial charge in [-0.25, -0.2) is 4.39 Å². The topological polar surface area (TPSA) is 50.7 Å². The van der Waals surface area contributed by atoms with Crippen molar-refractivity contribution in [3.05, 3.63) is 59.4 Å². The monoisotopic (exact) mass is 319 g/mol. The molecule has 0 aliphatic carbocycles. The van der Waals surface area contributed by atoms with E-state index in [2.05, 4.69) is 5.32 Å². The number of rotatable bonds is 8. The Morgan fingerprint density at radius 1 is 1.09 bits per heavy atom. The van der Waals surface area contributed by atoms with Crippen LogP contribution in [0, 0.1) is 5.82 Å². The quantitative estimate of drug-likeness (QED) is 0.785. The van der Waals surface area contributed by atoms with Gasteiger partial charge in [-0.05, 0) is 42.3 Å². The van der Waals surface area contributed by atoms with Gasteiger partial charge in [-0.15, -0.1) is 0 Å². The molecule has 4 nitrogen and oxygen atoms in total. The van der Waals surface area contributed by atoms with Crippen molar-refractivity contribution < 1.29 is 19.0 Å². The number of aliphatic hydroxyl groups excluding tert-OH is 1. The van der Waals surface area contributed by atoms with E-state index in [9.17, 15) is 9.50 Å². The fourth-order valence-corrected chi connectivity index (χ4v) is 2.11. The standard InChI is InChI=1S/C18H22FNO3/c1-13(21)10-20-11-15-5-8-17(18(9-15)22-2)23-12-14-3-6-16(19)7-4-14/h3-9,13,20-21H,10-12H2,1-2H3. The fraction of sp³-hybridized carbons (Fsp3) is 0.333. The van der Waals surface area contributed by atoms with E-state index in [0.717, 1.165) is 11.1 Å². The molecule has 0 saturated heterocycles. The highest BCUT2D eigenvalue weighted by Crippen LogP contribution is 2.28. The first-order valence-electron chi connectivity index (χ1n) is 7.51. The zero-order valence-corrected chi connectivity index (χ0v) is 13.4. The van der Waals surface area contributed by atoms with Crippen LogP contribution in [0.25, 0.3) is 0 Å². The van der Waals surface area contributed by atoms with Crippen molar-refractivity contribution in [1.29, 1.82) is 0 Å². The SMILES string of the molecule is COc1cc(CNCC(C)O)ccc1OCc1ccc(F)cc1. The Labute approximate surface area is 135 Å². The smallest absolute Gasteiger partial charge is 0.161 e. The van der Waals surface area contributed by atoms with Gasteiger partial charge in [0.1, 0.15) is 12.4 Å². The second kappa shape index (κ2) is 8.50. The molecule has 2 aromatic rings. The number of ether oxygens (including phenoxy) is 2. The number of benzene rings is 2. The van der Waals surface area contributed by atoms with Gasteiger partial charge >= 0.3 is 0 Å². The minimum absolute atomic E-state index is 0.264. The van der Waals surface area contributed by atoms with Crippen LogP contribution >= 0.6 is 0 Å². The molecular weight excluding hydrogens is 297 g/mol. The predicted octanol–water partition coefficient (Wildman–Crippen LogP) is 2.88.